The molecule has 0 radical (unpaired) electrons. The molecule has 0 aromatic rings. The fourth-order valence-corrected chi connectivity index (χ4v) is 2.53. The van der Waals surface area contributed by atoms with Crippen LogP contribution in [-0.4, -0.2) is 48.2 Å². The van der Waals surface area contributed by atoms with E-state index in [9.17, 15) is 18.0 Å². The van der Waals surface area contributed by atoms with Crippen LogP contribution in [-0.2, 0) is 29.2 Å². The molecule has 0 spiro atoms. The SMILES string of the molecule is CCCCCCCCOC(C)OC(=O)C(CC(=O)O)S(=O)(=O)O.[H-].[K+]. The summed E-state index contributed by atoms with van der Waals surface area (Å²) in [4.78, 5) is 22.2. The summed E-state index contributed by atoms with van der Waals surface area (Å²) in [6, 6.07) is 0. The number of carbonyl (C=O) groups is 2. The van der Waals surface area contributed by atoms with Crippen LogP contribution in [0.3, 0.4) is 0 Å². The molecule has 0 heterocycles. The van der Waals surface area contributed by atoms with Crippen molar-refractivity contribution >= 4 is 22.1 Å². The zero-order valence-electron chi connectivity index (χ0n) is 15.6. The van der Waals surface area contributed by atoms with Crippen LogP contribution in [0.1, 0.15) is 60.2 Å². The number of ether oxygens (including phenoxy) is 2. The monoisotopic (exact) mass is 394 g/mol. The van der Waals surface area contributed by atoms with Crippen molar-refractivity contribution in [3.8, 4) is 0 Å². The number of carboxylic acid groups (broad SMARTS) is 1. The van der Waals surface area contributed by atoms with Crippen LogP contribution < -0.4 is 51.4 Å². The second-order valence-electron chi connectivity index (χ2n) is 5.24. The average molecular weight is 395 g/mol. The summed E-state index contributed by atoms with van der Waals surface area (Å²) in [5, 5.41) is 6.42. The summed E-state index contributed by atoms with van der Waals surface area (Å²) in [6.45, 7) is 3.87. The van der Waals surface area contributed by atoms with E-state index in [-0.39, 0.29) is 52.8 Å². The fourth-order valence-electron chi connectivity index (χ4n) is 1.87. The van der Waals surface area contributed by atoms with Gasteiger partial charge in [-0.25, -0.2) is 0 Å². The zero-order chi connectivity index (χ0) is 17.9. The van der Waals surface area contributed by atoms with Crippen LogP contribution in [0.15, 0.2) is 0 Å². The molecular formula is C14H27KO8S. The molecule has 0 aromatic carbocycles. The maximum absolute atomic E-state index is 11.6. The first-order valence-electron chi connectivity index (χ1n) is 7.68. The summed E-state index contributed by atoms with van der Waals surface area (Å²) in [6.07, 6.45) is 4.28. The van der Waals surface area contributed by atoms with Crippen LogP contribution in [0.5, 0.6) is 0 Å². The van der Waals surface area contributed by atoms with Gasteiger partial charge in [-0.3, -0.25) is 14.1 Å². The van der Waals surface area contributed by atoms with Gasteiger partial charge in [0, 0.05) is 0 Å². The van der Waals surface area contributed by atoms with Crippen molar-refractivity contribution in [1.82, 2.24) is 0 Å². The number of hydrogen-bond acceptors (Lipinski definition) is 6. The fraction of sp³-hybridized carbons (Fsp3) is 0.857. The first-order chi connectivity index (χ1) is 10.7. The van der Waals surface area contributed by atoms with Crippen molar-refractivity contribution in [3.63, 3.8) is 0 Å². The summed E-state index contributed by atoms with van der Waals surface area (Å²) in [5.41, 5.74) is 0. The van der Waals surface area contributed by atoms with Gasteiger partial charge in [0.2, 0.25) is 0 Å². The van der Waals surface area contributed by atoms with E-state index in [1.807, 2.05) is 0 Å². The Hall–Kier alpha value is 0.446. The Labute approximate surface area is 187 Å². The molecule has 2 atom stereocenters. The molecule has 138 valence electrons. The molecule has 24 heavy (non-hydrogen) atoms. The van der Waals surface area contributed by atoms with E-state index in [4.69, 9.17) is 19.1 Å². The third-order valence-electron chi connectivity index (χ3n) is 3.12. The Kier molecular flexibility index (Phi) is 16.2. The molecule has 0 aliphatic carbocycles. The summed E-state index contributed by atoms with van der Waals surface area (Å²) in [5.74, 6) is -2.88. The molecule has 0 fully saturated rings. The molecule has 0 aromatic heterocycles. The van der Waals surface area contributed by atoms with Gasteiger partial charge in [-0.05, 0) is 13.3 Å². The minimum absolute atomic E-state index is 0. The normalized spacial score (nSPS) is 13.6. The molecule has 0 saturated carbocycles. The largest absolute Gasteiger partial charge is 1.00 e. The molecule has 2 unspecified atom stereocenters. The van der Waals surface area contributed by atoms with Crippen molar-refractivity contribution in [2.75, 3.05) is 6.61 Å². The Morgan fingerprint density at radius 2 is 1.67 bits per heavy atom. The van der Waals surface area contributed by atoms with Crippen LogP contribution in [0.4, 0.5) is 0 Å². The molecule has 10 heteroatoms. The first kappa shape index (κ1) is 26.7. The minimum atomic E-state index is -4.85. The number of rotatable bonds is 13. The third kappa shape index (κ3) is 13.7. The molecule has 0 rings (SSSR count). The maximum atomic E-state index is 11.6. The molecule has 2 N–H and O–H groups in total. The summed E-state index contributed by atoms with van der Waals surface area (Å²) < 4.78 is 40.9. The molecule has 0 bridgehead atoms. The Morgan fingerprint density at radius 3 is 2.17 bits per heavy atom. The van der Waals surface area contributed by atoms with Gasteiger partial charge in [0.15, 0.2) is 11.5 Å². The van der Waals surface area contributed by atoms with E-state index < -0.39 is 40.0 Å². The predicted octanol–water partition coefficient (Wildman–Crippen LogP) is -0.900. The van der Waals surface area contributed by atoms with Gasteiger partial charge < -0.3 is 16.0 Å². The molecular weight excluding hydrogens is 367 g/mol. The van der Waals surface area contributed by atoms with Crippen molar-refractivity contribution in [2.45, 2.75) is 70.3 Å². The van der Waals surface area contributed by atoms with Gasteiger partial charge in [-0.15, -0.1) is 0 Å². The standard InChI is InChI=1S/C14H26O8S.K.H/c1-3-4-5-6-7-8-9-21-11(2)22-14(17)12(10-13(15)16)23(18,19)20;;/h11-12H,3-10H2,1-2H3,(H,15,16)(H,18,19,20);;/q;+1;-1. The van der Waals surface area contributed by atoms with Crippen molar-refractivity contribution in [1.29, 1.82) is 0 Å². The van der Waals surface area contributed by atoms with E-state index in [0.29, 0.717) is 6.61 Å². The summed E-state index contributed by atoms with van der Waals surface area (Å²) >= 11 is 0. The van der Waals surface area contributed by atoms with Crippen molar-refractivity contribution < 1.29 is 90.0 Å². The third-order valence-corrected chi connectivity index (χ3v) is 4.19. The number of carbonyl (C=O) groups excluding carboxylic acids is 1. The quantitative estimate of drug-likeness (QED) is 0.135. The van der Waals surface area contributed by atoms with E-state index in [1.165, 1.54) is 13.3 Å². The number of hydrogen-bond donors (Lipinski definition) is 2. The zero-order valence-corrected chi connectivity index (χ0v) is 18.5. The van der Waals surface area contributed by atoms with Gasteiger partial charge in [0.25, 0.3) is 10.1 Å². The van der Waals surface area contributed by atoms with Crippen LogP contribution in [0.2, 0.25) is 0 Å². The summed E-state index contributed by atoms with van der Waals surface area (Å²) in [7, 11) is -4.85. The number of esters is 1. The molecule has 0 amide bonds. The average Bonchev–Trinajstić information content (AvgIpc) is 2.42. The van der Waals surface area contributed by atoms with Crippen molar-refractivity contribution in [3.05, 3.63) is 0 Å². The van der Waals surface area contributed by atoms with E-state index in [1.54, 1.807) is 0 Å². The smallest absolute Gasteiger partial charge is 1.00 e. The topological polar surface area (TPSA) is 127 Å². The van der Waals surface area contributed by atoms with Gasteiger partial charge in [-0.1, -0.05) is 39.0 Å². The molecule has 0 saturated heterocycles. The molecule has 0 aliphatic rings. The Morgan fingerprint density at radius 1 is 1.12 bits per heavy atom. The number of carboxylic acids is 1. The Balaban J connectivity index is -0.00000242. The van der Waals surface area contributed by atoms with Gasteiger partial charge in [-0.2, -0.15) is 8.42 Å². The van der Waals surface area contributed by atoms with E-state index in [2.05, 4.69) is 6.92 Å². The van der Waals surface area contributed by atoms with Gasteiger partial charge in [0.05, 0.1) is 13.0 Å². The number of aliphatic carboxylic acids is 1. The maximum Gasteiger partial charge on any atom is 1.00 e. The minimum Gasteiger partial charge on any atom is -1.00 e. The predicted molar refractivity (Wildman–Crippen MR) is 83.6 cm³/mol. The Bertz CT molecular complexity index is 471. The molecule has 8 nitrogen and oxygen atoms in total. The first-order valence-corrected chi connectivity index (χ1v) is 9.19. The molecule has 0 aliphatic heterocycles. The number of unbranched alkanes of at least 4 members (excludes halogenated alkanes) is 5. The van der Waals surface area contributed by atoms with E-state index >= 15 is 0 Å². The van der Waals surface area contributed by atoms with Crippen LogP contribution >= 0.6 is 0 Å². The van der Waals surface area contributed by atoms with Gasteiger partial charge in [0.1, 0.15) is 0 Å². The van der Waals surface area contributed by atoms with Gasteiger partial charge >= 0.3 is 63.3 Å². The van der Waals surface area contributed by atoms with Crippen LogP contribution in [0, 0.1) is 0 Å². The second-order valence-corrected chi connectivity index (χ2v) is 6.84. The second kappa shape index (κ2) is 14.6. The van der Waals surface area contributed by atoms with Crippen LogP contribution in [0.25, 0.3) is 0 Å². The van der Waals surface area contributed by atoms with E-state index in [0.717, 1.165) is 32.1 Å². The van der Waals surface area contributed by atoms with Crippen molar-refractivity contribution in [2.24, 2.45) is 0 Å².